The summed E-state index contributed by atoms with van der Waals surface area (Å²) < 4.78 is 0. The van der Waals surface area contributed by atoms with E-state index in [1.54, 1.807) is 11.5 Å². The first-order chi connectivity index (χ1) is 8.41. The minimum Gasteiger partial charge on any atom is -0.364 e. The molecule has 0 fully saturated rings. The molecule has 0 aromatic carbocycles. The van der Waals surface area contributed by atoms with E-state index >= 15 is 0 Å². The molecule has 0 amide bonds. The third-order valence-corrected chi connectivity index (χ3v) is 1.89. The molecule has 0 aromatic rings. The summed E-state index contributed by atoms with van der Waals surface area (Å²) in [5.41, 5.74) is 9.28. The molecule has 0 atom stereocenters. The Bertz CT molecular complexity index is 392. The molecule has 0 saturated carbocycles. The van der Waals surface area contributed by atoms with Crippen LogP contribution in [0.25, 0.3) is 0 Å². The maximum Gasteiger partial charge on any atom is 0.275 e. The average molecular weight is 253 g/mol. The highest BCUT2D eigenvalue weighted by molar-refractivity contribution is 5.78. The van der Waals surface area contributed by atoms with Gasteiger partial charge in [-0.05, 0) is 39.7 Å². The van der Waals surface area contributed by atoms with Crippen molar-refractivity contribution < 1.29 is 5.03 Å². The minimum atomic E-state index is -0.797. The fraction of sp³-hybridized carbons (Fsp3) is 0.455. The first-order valence-electron chi connectivity index (χ1n) is 5.48. The van der Waals surface area contributed by atoms with E-state index in [-0.39, 0.29) is 5.96 Å². The molecule has 0 bridgehead atoms. The zero-order chi connectivity index (χ0) is 14.0. The first-order valence-corrected chi connectivity index (χ1v) is 5.48. The van der Waals surface area contributed by atoms with Gasteiger partial charge in [-0.15, -0.1) is 5.10 Å². The summed E-state index contributed by atoms with van der Waals surface area (Å²) in [5, 5.41) is 16.2. The molecule has 0 unspecified atom stereocenters. The van der Waals surface area contributed by atoms with Crippen LogP contribution in [0.3, 0.4) is 0 Å². The summed E-state index contributed by atoms with van der Waals surface area (Å²) in [6.07, 6.45) is 7.32. The Morgan fingerprint density at radius 3 is 2.67 bits per heavy atom. The van der Waals surface area contributed by atoms with Crippen molar-refractivity contribution in [3.8, 4) is 0 Å². The lowest BCUT2D eigenvalue weighted by Gasteiger charge is -1.96. The molecule has 18 heavy (non-hydrogen) atoms. The number of nitrogens with two attached hydrogens (primary N) is 1. The average Bonchev–Trinajstić information content (AvgIpc) is 2.23. The van der Waals surface area contributed by atoms with E-state index in [1.165, 1.54) is 11.8 Å². The van der Waals surface area contributed by atoms with E-state index in [9.17, 15) is 10.1 Å². The maximum atomic E-state index is 9.99. The number of hydrogen-bond acceptors (Lipinski definition) is 4. The molecule has 7 nitrogen and oxygen atoms in total. The molecular weight excluding hydrogens is 234 g/mol. The maximum absolute atomic E-state index is 9.99. The predicted octanol–water partition coefficient (Wildman–Crippen LogP) is 1.76. The van der Waals surface area contributed by atoms with Gasteiger partial charge >= 0.3 is 0 Å². The zero-order valence-electron chi connectivity index (χ0n) is 10.9. The van der Waals surface area contributed by atoms with Crippen LogP contribution in [0.1, 0.15) is 33.6 Å². The van der Waals surface area contributed by atoms with E-state index in [4.69, 9.17) is 5.73 Å². The normalized spacial score (nSPS) is 12.6. The fourth-order valence-electron chi connectivity index (χ4n) is 1.04. The summed E-state index contributed by atoms with van der Waals surface area (Å²) >= 11 is 0. The van der Waals surface area contributed by atoms with Crippen LogP contribution in [0.2, 0.25) is 0 Å². The predicted molar refractivity (Wildman–Crippen MR) is 72.7 cm³/mol. The molecule has 0 saturated heterocycles. The largest absolute Gasteiger partial charge is 0.364 e. The van der Waals surface area contributed by atoms with Gasteiger partial charge in [0.05, 0.1) is 0 Å². The van der Waals surface area contributed by atoms with Gasteiger partial charge in [0.15, 0.2) is 5.03 Å². The molecule has 7 heteroatoms. The Morgan fingerprint density at radius 1 is 1.44 bits per heavy atom. The number of nitro groups is 1. The Morgan fingerprint density at radius 2 is 2.11 bits per heavy atom. The number of hydrazine groups is 1. The van der Waals surface area contributed by atoms with Gasteiger partial charge in [0, 0.05) is 6.21 Å². The van der Waals surface area contributed by atoms with Crippen LogP contribution in [-0.4, -0.2) is 17.2 Å². The second kappa shape index (κ2) is 8.91. The third-order valence-electron chi connectivity index (χ3n) is 1.89. The highest BCUT2D eigenvalue weighted by Gasteiger charge is 1.96. The van der Waals surface area contributed by atoms with Crippen LogP contribution in [-0.2, 0) is 0 Å². The summed E-state index contributed by atoms with van der Waals surface area (Å²) in [7, 11) is 0. The molecule has 0 spiro atoms. The van der Waals surface area contributed by atoms with Crippen LogP contribution in [0.4, 0.5) is 0 Å². The van der Waals surface area contributed by atoms with Crippen molar-refractivity contribution in [3.63, 3.8) is 0 Å². The lowest BCUT2D eigenvalue weighted by Crippen LogP contribution is -2.35. The van der Waals surface area contributed by atoms with E-state index < -0.39 is 5.03 Å². The monoisotopic (exact) mass is 253 g/mol. The Hall–Kier alpha value is -2.18. The van der Waals surface area contributed by atoms with Crippen molar-refractivity contribution in [2.45, 2.75) is 33.6 Å². The number of nitrogens with one attached hydrogen (secondary N) is 1. The van der Waals surface area contributed by atoms with Crippen molar-refractivity contribution in [2.75, 3.05) is 0 Å². The Balaban J connectivity index is 4.12. The van der Waals surface area contributed by atoms with Crippen molar-refractivity contribution in [2.24, 2.45) is 15.9 Å². The smallest absolute Gasteiger partial charge is 0.275 e. The summed E-state index contributed by atoms with van der Waals surface area (Å²) in [6.45, 7) is 6.09. The molecule has 0 aliphatic heterocycles. The lowest BCUT2D eigenvalue weighted by atomic mass is 10.1. The van der Waals surface area contributed by atoms with E-state index in [0.29, 0.717) is 0 Å². The van der Waals surface area contributed by atoms with Gasteiger partial charge < -0.3 is 5.73 Å². The molecule has 3 N–H and O–H groups in total. The van der Waals surface area contributed by atoms with Crippen LogP contribution in [0, 0.1) is 10.1 Å². The topological polar surface area (TPSA) is 106 Å². The van der Waals surface area contributed by atoms with E-state index in [0.717, 1.165) is 18.4 Å². The van der Waals surface area contributed by atoms with Gasteiger partial charge in [-0.25, -0.2) is 10.1 Å². The second-order valence-corrected chi connectivity index (χ2v) is 3.95. The van der Waals surface area contributed by atoms with Crippen molar-refractivity contribution in [1.29, 1.82) is 0 Å². The third kappa shape index (κ3) is 10.3. The fourth-order valence-corrected chi connectivity index (χ4v) is 1.04. The van der Waals surface area contributed by atoms with Crippen LogP contribution in [0.5, 0.6) is 0 Å². The van der Waals surface area contributed by atoms with Gasteiger partial charge in [-0.3, -0.25) is 0 Å². The molecule has 0 aromatic heterocycles. The molecule has 0 aliphatic carbocycles. The summed E-state index contributed by atoms with van der Waals surface area (Å²) in [6, 6.07) is 0. The Kier molecular flexibility index (Phi) is 7.83. The summed E-state index contributed by atoms with van der Waals surface area (Å²) in [5.74, 6) is -0.355. The SMILES string of the molecule is CC(C)=CCC/C(C)=C\C=N\N=C(N)N[N+](=O)[O-]. The van der Waals surface area contributed by atoms with Crippen LogP contribution in [0.15, 0.2) is 33.5 Å². The van der Waals surface area contributed by atoms with Gasteiger partial charge in [0.25, 0.3) is 5.96 Å². The zero-order valence-corrected chi connectivity index (χ0v) is 10.9. The van der Waals surface area contributed by atoms with Crippen molar-refractivity contribution in [1.82, 2.24) is 5.43 Å². The van der Waals surface area contributed by atoms with Gasteiger partial charge in [0.2, 0.25) is 0 Å². The second-order valence-electron chi connectivity index (χ2n) is 3.95. The molecule has 0 radical (unpaired) electrons. The molecule has 0 aliphatic rings. The van der Waals surface area contributed by atoms with E-state index in [1.807, 2.05) is 6.92 Å². The number of hydrogen-bond donors (Lipinski definition) is 2. The van der Waals surface area contributed by atoms with Crippen LogP contribution >= 0.6 is 0 Å². The van der Waals surface area contributed by atoms with Crippen molar-refractivity contribution >= 4 is 12.2 Å². The molecule has 0 rings (SSSR count). The number of allylic oxidation sites excluding steroid dienone is 4. The highest BCUT2D eigenvalue weighted by Crippen LogP contribution is 2.05. The van der Waals surface area contributed by atoms with E-state index in [2.05, 4.69) is 30.1 Å². The van der Waals surface area contributed by atoms with Gasteiger partial charge in [0.1, 0.15) is 0 Å². The lowest BCUT2D eigenvalue weighted by molar-refractivity contribution is -0.525. The minimum absolute atomic E-state index is 0.355. The number of guanidine groups is 1. The first kappa shape index (κ1) is 15.8. The molecule has 0 heterocycles. The molecule has 100 valence electrons. The van der Waals surface area contributed by atoms with Gasteiger partial charge in [-0.2, -0.15) is 5.10 Å². The number of rotatable bonds is 6. The standard InChI is InChI=1S/C11H19N5O2/c1-9(2)5-4-6-10(3)7-8-13-14-11(12)15-16(17)18/h5,7-8H,4,6H2,1-3H3,(H3,12,14,15)/b10-7-,13-8+. The molecular formula is C11H19N5O2. The highest BCUT2D eigenvalue weighted by atomic mass is 16.7. The van der Waals surface area contributed by atoms with Gasteiger partial charge in [-0.1, -0.05) is 22.6 Å². The van der Waals surface area contributed by atoms with Crippen LogP contribution < -0.4 is 11.2 Å². The summed E-state index contributed by atoms with van der Waals surface area (Å²) in [4.78, 5) is 9.99. The van der Waals surface area contributed by atoms with Crippen molar-refractivity contribution in [3.05, 3.63) is 33.4 Å². The Labute approximate surface area is 106 Å². The quantitative estimate of drug-likeness (QED) is 0.247. The number of nitrogens with zero attached hydrogens (tertiary/aromatic N) is 3.